The van der Waals surface area contributed by atoms with Gasteiger partial charge in [-0.25, -0.2) is 18.1 Å². The summed E-state index contributed by atoms with van der Waals surface area (Å²) in [6, 6.07) is 4.10. The first-order chi connectivity index (χ1) is 21.1. The van der Waals surface area contributed by atoms with Crippen molar-refractivity contribution in [1.29, 1.82) is 0 Å². The first-order valence-corrected chi connectivity index (χ1v) is 16.3. The highest BCUT2D eigenvalue weighted by atomic mass is 32.2. The van der Waals surface area contributed by atoms with Crippen molar-refractivity contribution in [2.75, 3.05) is 50.2 Å². The number of amides is 2. The summed E-state index contributed by atoms with van der Waals surface area (Å²) in [6.07, 6.45) is 1.53. The first kappa shape index (κ1) is 30.4. The molecule has 3 aromatic rings. The van der Waals surface area contributed by atoms with Crippen LogP contribution in [0.3, 0.4) is 0 Å². The Morgan fingerprint density at radius 1 is 1.16 bits per heavy atom. The summed E-state index contributed by atoms with van der Waals surface area (Å²) >= 11 is 0. The molecule has 0 radical (unpaired) electrons. The molecule has 5 heterocycles. The Hall–Kier alpha value is -3.66. The van der Waals surface area contributed by atoms with Crippen molar-refractivity contribution in [3.05, 3.63) is 47.7 Å². The average molecular weight is 631 g/mol. The highest BCUT2D eigenvalue weighted by molar-refractivity contribution is 7.94. The Kier molecular flexibility index (Phi) is 8.30. The number of rotatable bonds is 7. The van der Waals surface area contributed by atoms with Gasteiger partial charge in [-0.05, 0) is 24.6 Å². The average Bonchev–Trinajstić information content (AvgIpc) is 3.69. The number of methoxy groups -OCH3 is 1. The lowest BCUT2D eigenvalue weighted by Gasteiger charge is -2.29. The van der Waals surface area contributed by atoms with Gasteiger partial charge in [0.25, 0.3) is 5.91 Å². The van der Waals surface area contributed by atoms with Crippen LogP contribution in [-0.2, 0) is 28.7 Å². The van der Waals surface area contributed by atoms with Crippen LogP contribution in [0.15, 0.2) is 35.1 Å². The van der Waals surface area contributed by atoms with Gasteiger partial charge in [-0.2, -0.15) is 9.46 Å². The third-order valence-corrected chi connectivity index (χ3v) is 10.4. The molecule has 0 unspecified atom stereocenters. The quantitative estimate of drug-likeness (QED) is 0.413. The fourth-order valence-corrected chi connectivity index (χ4v) is 7.58. The van der Waals surface area contributed by atoms with Crippen LogP contribution in [0.25, 0.3) is 5.52 Å². The molecule has 236 valence electrons. The summed E-state index contributed by atoms with van der Waals surface area (Å²) in [6.45, 7) is 6.58. The zero-order valence-corrected chi connectivity index (χ0v) is 25.7. The minimum atomic E-state index is -2.84. The van der Waals surface area contributed by atoms with Gasteiger partial charge < -0.3 is 29.2 Å². The van der Waals surface area contributed by atoms with Gasteiger partial charge in [-0.3, -0.25) is 9.59 Å². The zero-order valence-electron chi connectivity index (χ0n) is 24.9. The Bertz CT molecular complexity index is 1710. The molecule has 44 heavy (non-hydrogen) atoms. The summed E-state index contributed by atoms with van der Waals surface area (Å²) < 4.78 is 56.7. The number of aromatic nitrogens is 3. The number of carbonyl (C=O) groups is 2. The molecule has 2 amide bonds. The minimum Gasteiger partial charge on any atom is -0.483 e. The lowest BCUT2D eigenvalue weighted by atomic mass is 10.1. The van der Waals surface area contributed by atoms with Crippen molar-refractivity contribution in [3.8, 4) is 5.75 Å². The third-order valence-electron chi connectivity index (χ3n) is 8.21. The van der Waals surface area contributed by atoms with E-state index in [4.69, 9.17) is 18.9 Å². The number of ether oxygens (including phenoxy) is 4. The van der Waals surface area contributed by atoms with Gasteiger partial charge in [-0.1, -0.05) is 13.8 Å². The van der Waals surface area contributed by atoms with Gasteiger partial charge in [0, 0.05) is 49.9 Å². The maximum absolute atomic E-state index is 14.4. The Morgan fingerprint density at radius 2 is 1.86 bits per heavy atom. The van der Waals surface area contributed by atoms with Gasteiger partial charge in [0.05, 0.1) is 34.2 Å². The number of benzene rings is 1. The molecule has 1 N–H and O–H groups in total. The Labute approximate surface area is 254 Å². The van der Waals surface area contributed by atoms with Gasteiger partial charge in [0.1, 0.15) is 41.7 Å². The number of carbonyl (C=O) groups excluding carboxylic acids is 2. The predicted octanol–water partition coefficient (Wildman–Crippen LogP) is 2.59. The van der Waals surface area contributed by atoms with Gasteiger partial charge in [0.2, 0.25) is 5.91 Å². The molecule has 3 aliphatic heterocycles. The maximum Gasteiger partial charge on any atom is 0.287 e. The Balaban J connectivity index is 1.24. The zero-order chi connectivity index (χ0) is 31.2. The molecule has 3 saturated heterocycles. The molecule has 4 atom stereocenters. The topological polar surface area (TPSA) is 146 Å². The summed E-state index contributed by atoms with van der Waals surface area (Å²) in [5, 5.41) is 7.45. The smallest absolute Gasteiger partial charge is 0.287 e. The van der Waals surface area contributed by atoms with Gasteiger partial charge in [0.15, 0.2) is 11.9 Å². The number of nitrogens with one attached hydrogen (secondary N) is 1. The molecular weight excluding hydrogens is 595 g/mol. The molecular formula is C29H35FN6O7S. The number of anilines is 2. The second kappa shape index (κ2) is 12.0. The number of hydrogen-bond acceptors (Lipinski definition) is 10. The van der Waals surface area contributed by atoms with E-state index in [9.17, 15) is 18.2 Å². The number of nitrogens with zero attached hydrogens (tertiary/aromatic N) is 5. The van der Waals surface area contributed by atoms with Crippen LogP contribution in [0.1, 0.15) is 29.8 Å². The SMILES string of the molecule is CO[C@@H]1CO[C@H]2[C@@H]1OC[C@H]2Oc1cc(F)ccc1Nc1ncnn2cc(C(=O)N=S3(=O)CCN(C(=O)C(C)C)CC3)c(C)c12. The molecule has 0 aliphatic carbocycles. The van der Waals surface area contributed by atoms with Crippen molar-refractivity contribution < 1.29 is 37.1 Å². The molecule has 1 aromatic carbocycles. The fourth-order valence-electron chi connectivity index (χ4n) is 5.78. The van der Waals surface area contributed by atoms with Crippen LogP contribution in [0.4, 0.5) is 15.9 Å². The van der Waals surface area contributed by atoms with Gasteiger partial charge >= 0.3 is 0 Å². The van der Waals surface area contributed by atoms with E-state index in [-0.39, 0.29) is 59.6 Å². The van der Waals surface area contributed by atoms with E-state index in [0.29, 0.717) is 42.3 Å². The van der Waals surface area contributed by atoms with E-state index in [1.54, 1.807) is 18.9 Å². The van der Waals surface area contributed by atoms with Crippen LogP contribution < -0.4 is 10.1 Å². The number of aryl methyl sites for hydroxylation is 1. The summed E-state index contributed by atoms with van der Waals surface area (Å²) in [7, 11) is -1.24. The fraction of sp³-hybridized carbons (Fsp3) is 0.517. The van der Waals surface area contributed by atoms with Crippen LogP contribution in [0, 0.1) is 18.7 Å². The minimum absolute atomic E-state index is 0.00649. The maximum atomic E-state index is 14.4. The van der Waals surface area contributed by atoms with E-state index in [2.05, 4.69) is 19.8 Å². The molecule has 0 spiro atoms. The number of fused-ring (bicyclic) bond motifs is 2. The van der Waals surface area contributed by atoms with Crippen molar-refractivity contribution in [1.82, 2.24) is 19.5 Å². The molecule has 3 aliphatic rings. The molecule has 6 rings (SSSR count). The van der Waals surface area contributed by atoms with E-state index < -0.39 is 27.6 Å². The largest absolute Gasteiger partial charge is 0.483 e. The van der Waals surface area contributed by atoms with E-state index >= 15 is 0 Å². The van der Waals surface area contributed by atoms with Gasteiger partial charge in [-0.15, -0.1) is 0 Å². The van der Waals surface area contributed by atoms with Crippen LogP contribution in [-0.4, -0.2) is 105 Å². The Morgan fingerprint density at radius 3 is 2.57 bits per heavy atom. The van der Waals surface area contributed by atoms with Crippen LogP contribution >= 0.6 is 0 Å². The normalized spacial score (nSPS) is 24.5. The second-order valence-electron chi connectivity index (χ2n) is 11.4. The summed E-state index contributed by atoms with van der Waals surface area (Å²) in [5.74, 6) is -0.437. The highest BCUT2D eigenvalue weighted by Gasteiger charge is 2.49. The standard InChI is InChI=1S/C29H35FN6O7S/c1-16(2)29(38)35-7-9-44(39,10-8-35)34-28(37)19-12-36-24(17(19)3)27(31-15-32-36)33-20-6-5-18(30)11-21(20)43-23-14-42-25-22(40-4)13-41-26(23)25/h5-6,11-12,15-16,22-23,25-26H,7-10,13-14H2,1-4H3,(H,31,32,33)/t22-,23-,25-,26-/m1/s1. The van der Waals surface area contributed by atoms with Crippen molar-refractivity contribution in [3.63, 3.8) is 0 Å². The lowest BCUT2D eigenvalue weighted by Crippen LogP contribution is -2.45. The summed E-state index contributed by atoms with van der Waals surface area (Å²) in [5.41, 5.74) is 1.67. The first-order valence-electron chi connectivity index (χ1n) is 14.4. The molecule has 3 fully saturated rings. The molecule has 0 saturated carbocycles. The van der Waals surface area contributed by atoms with Crippen LogP contribution in [0.5, 0.6) is 5.75 Å². The lowest BCUT2D eigenvalue weighted by molar-refractivity contribution is -0.134. The summed E-state index contributed by atoms with van der Waals surface area (Å²) in [4.78, 5) is 31.7. The number of hydrogen-bond donors (Lipinski definition) is 1. The second-order valence-corrected chi connectivity index (χ2v) is 14.0. The highest BCUT2D eigenvalue weighted by Crippen LogP contribution is 2.36. The van der Waals surface area contributed by atoms with E-state index in [1.165, 1.54) is 35.2 Å². The predicted molar refractivity (Wildman–Crippen MR) is 158 cm³/mol. The van der Waals surface area contributed by atoms with Crippen molar-refractivity contribution in [2.45, 2.75) is 45.2 Å². The van der Waals surface area contributed by atoms with Crippen LogP contribution in [0.2, 0.25) is 0 Å². The van der Waals surface area contributed by atoms with E-state index in [1.807, 2.05) is 13.8 Å². The van der Waals surface area contributed by atoms with E-state index in [0.717, 1.165) is 0 Å². The molecule has 15 heteroatoms. The van der Waals surface area contributed by atoms with Crippen molar-refractivity contribution >= 4 is 38.6 Å². The molecule has 2 aromatic heterocycles. The van der Waals surface area contributed by atoms with Crippen molar-refractivity contribution in [2.24, 2.45) is 10.3 Å². The monoisotopic (exact) mass is 630 g/mol. The number of halogens is 1. The third kappa shape index (κ3) is 5.76. The molecule has 0 bridgehead atoms. The molecule has 13 nitrogen and oxygen atoms in total.